The first-order chi connectivity index (χ1) is 26.8. The van der Waals surface area contributed by atoms with Gasteiger partial charge in [-0.05, 0) is 71.4 Å². The monoisotopic (exact) mass is 790 g/mol. The normalized spacial score (nSPS) is 13.9. The smallest absolute Gasteiger partial charge is 0.415 e. The summed E-state index contributed by atoms with van der Waals surface area (Å²) in [6.07, 6.45) is 9.86. The van der Waals surface area contributed by atoms with Crippen LogP contribution in [-0.4, -0.2) is 107 Å². The van der Waals surface area contributed by atoms with E-state index in [1.807, 2.05) is 30.3 Å². The van der Waals surface area contributed by atoms with Crippen LogP contribution in [0.25, 0.3) is 0 Å². The molecule has 2 rings (SSSR count). The van der Waals surface area contributed by atoms with E-state index in [-0.39, 0.29) is 57.4 Å². The van der Waals surface area contributed by atoms with Crippen molar-refractivity contribution in [3.63, 3.8) is 0 Å². The average molecular weight is 791 g/mol. The van der Waals surface area contributed by atoms with E-state index in [2.05, 4.69) is 26.6 Å². The number of unbranched alkanes of at least 4 members (excludes halogenated alkanes) is 4. The summed E-state index contributed by atoms with van der Waals surface area (Å²) < 4.78 is 30.5. The van der Waals surface area contributed by atoms with Gasteiger partial charge in [-0.25, -0.2) is 14.4 Å². The molecule has 16 heteroatoms. The van der Waals surface area contributed by atoms with Crippen LogP contribution in [0.3, 0.4) is 0 Å². The molecule has 0 saturated carbocycles. The van der Waals surface area contributed by atoms with Crippen molar-refractivity contribution in [3.05, 3.63) is 35.9 Å². The summed E-state index contributed by atoms with van der Waals surface area (Å²) >= 11 is 0. The molecule has 1 heterocycles. The number of esters is 2. The number of hydrogen-bond acceptors (Lipinski definition) is 13. The topological polar surface area (TPSA) is 220 Å². The van der Waals surface area contributed by atoms with Crippen LogP contribution in [0.15, 0.2) is 30.3 Å². The number of ether oxygens (including phenoxy) is 6. The number of rotatable bonds is 28. The average Bonchev–Trinajstić information content (AvgIpc) is 3.48. The van der Waals surface area contributed by atoms with Gasteiger partial charge in [0.1, 0.15) is 31.5 Å². The van der Waals surface area contributed by atoms with E-state index in [4.69, 9.17) is 35.8 Å². The summed E-state index contributed by atoms with van der Waals surface area (Å²) in [5, 5.41) is 7.92. The maximum absolute atomic E-state index is 12.8. The van der Waals surface area contributed by atoms with Crippen LogP contribution in [0.5, 0.6) is 0 Å². The largest absolute Gasteiger partial charge is 0.461 e. The van der Waals surface area contributed by atoms with Crippen molar-refractivity contribution in [3.8, 4) is 12.3 Å². The molecule has 0 aromatic heterocycles. The third kappa shape index (κ3) is 27.1. The molecule has 1 saturated heterocycles. The number of Topliss-reactive ketones (excluding diaryl/α,β-unsaturated/α-hetero) is 1. The summed E-state index contributed by atoms with van der Waals surface area (Å²) in [6.45, 7) is 8.63. The van der Waals surface area contributed by atoms with Crippen LogP contribution in [-0.2, 0) is 54.2 Å². The molecule has 0 spiro atoms. The van der Waals surface area contributed by atoms with E-state index in [1.54, 1.807) is 20.8 Å². The van der Waals surface area contributed by atoms with Crippen LogP contribution in [0.1, 0.15) is 90.5 Å². The lowest BCUT2D eigenvalue weighted by Crippen LogP contribution is -2.34. The second kappa shape index (κ2) is 30.6. The molecule has 5 N–H and O–H groups in total. The van der Waals surface area contributed by atoms with Crippen LogP contribution < -0.4 is 21.7 Å². The molecular formula is C40H62N4O12. The lowest BCUT2D eigenvalue weighted by Gasteiger charge is -2.19. The fraction of sp³-hybridized carbons (Fsp3) is 0.650. The summed E-state index contributed by atoms with van der Waals surface area (Å²) in [7, 11) is 0. The number of alkyl carbamates (subject to hydrolysis) is 2. The van der Waals surface area contributed by atoms with Gasteiger partial charge in [-0.15, -0.1) is 6.42 Å². The molecule has 3 amide bonds. The molecule has 0 unspecified atom stereocenters. The van der Waals surface area contributed by atoms with Gasteiger partial charge in [-0.1, -0.05) is 49.1 Å². The number of cyclic esters (lactones) is 2. The zero-order valence-corrected chi connectivity index (χ0v) is 33.2. The lowest BCUT2D eigenvalue weighted by atomic mass is 9.96. The predicted molar refractivity (Wildman–Crippen MR) is 207 cm³/mol. The molecule has 314 valence electrons. The van der Waals surface area contributed by atoms with Crippen LogP contribution in [0.2, 0.25) is 0 Å². The zero-order chi connectivity index (χ0) is 41.4. The fourth-order valence-corrected chi connectivity index (χ4v) is 4.96. The molecule has 16 nitrogen and oxygen atoms in total. The van der Waals surface area contributed by atoms with Crippen molar-refractivity contribution in [2.75, 3.05) is 59.3 Å². The Balaban J connectivity index is 0.000000689. The highest BCUT2D eigenvalue weighted by Gasteiger charge is 2.31. The number of carbonyl (C=O) groups excluding carboxylic acids is 6. The number of hydrogen-bond donors (Lipinski definition) is 4. The maximum Gasteiger partial charge on any atom is 0.415 e. The SMILES string of the molecule is C#CCOCCOCCOCC(=O)C[C@@H](CCC(=O)OCc1ccccc1)C(=O)NCCCCCCN.CC(C)(C)OC(=O)NCCCC[C@@H]1NC(=O)OC1=O. The van der Waals surface area contributed by atoms with E-state index in [1.165, 1.54) is 0 Å². The molecule has 0 bridgehead atoms. The first-order valence-corrected chi connectivity index (χ1v) is 19.2. The number of amides is 3. The Morgan fingerprint density at radius 2 is 1.57 bits per heavy atom. The van der Waals surface area contributed by atoms with Gasteiger partial charge in [0.25, 0.3) is 0 Å². The molecule has 1 aromatic carbocycles. The first-order valence-electron chi connectivity index (χ1n) is 19.2. The number of ketones is 1. The van der Waals surface area contributed by atoms with E-state index < -0.39 is 41.7 Å². The Morgan fingerprint density at radius 1 is 0.911 bits per heavy atom. The minimum absolute atomic E-state index is 0.00818. The van der Waals surface area contributed by atoms with Gasteiger partial charge < -0.3 is 50.1 Å². The second-order valence-corrected chi connectivity index (χ2v) is 13.9. The predicted octanol–water partition coefficient (Wildman–Crippen LogP) is 3.72. The first kappa shape index (κ1) is 49.5. The lowest BCUT2D eigenvalue weighted by molar-refractivity contribution is -0.145. The molecule has 2 atom stereocenters. The number of nitrogens with one attached hydrogen (secondary N) is 3. The van der Waals surface area contributed by atoms with Crippen molar-refractivity contribution in [2.24, 2.45) is 11.7 Å². The van der Waals surface area contributed by atoms with Crippen LogP contribution in [0, 0.1) is 18.3 Å². The number of carbonyl (C=O) groups is 6. The van der Waals surface area contributed by atoms with Crippen LogP contribution in [0.4, 0.5) is 9.59 Å². The Kier molecular flexibility index (Phi) is 27.1. The van der Waals surface area contributed by atoms with Crippen molar-refractivity contribution in [1.82, 2.24) is 16.0 Å². The van der Waals surface area contributed by atoms with Gasteiger partial charge in [0.15, 0.2) is 5.78 Å². The molecule has 1 aliphatic heterocycles. The highest BCUT2D eigenvalue weighted by Crippen LogP contribution is 2.15. The maximum atomic E-state index is 12.8. The van der Waals surface area contributed by atoms with Gasteiger partial charge >= 0.3 is 24.1 Å². The molecule has 1 aromatic rings. The standard InChI is InChI=1S/C28H42N2O7.C12H20N2O5/c1-2-16-34-17-18-35-19-20-36-23-26(31)21-25(28(33)30-15-9-4-3-8-14-29)12-13-27(32)37-22-24-10-6-5-7-11-24;1-12(2,3)19-10(16)13-7-5-4-6-8-9(15)18-11(17)14-8/h1,5-7,10-11,25H,3-4,8-9,12-23,29H2,(H,30,33);8H,4-7H2,1-3H3,(H,13,16)(H,14,17)/t25-;8-/m10/s1. The summed E-state index contributed by atoms with van der Waals surface area (Å²) in [5.74, 6) is 0.344. The highest BCUT2D eigenvalue weighted by molar-refractivity contribution is 5.95. The van der Waals surface area contributed by atoms with Crippen molar-refractivity contribution < 1.29 is 57.2 Å². The van der Waals surface area contributed by atoms with E-state index in [9.17, 15) is 28.8 Å². The number of nitrogens with two attached hydrogens (primary N) is 1. The quantitative estimate of drug-likeness (QED) is 0.0313. The summed E-state index contributed by atoms with van der Waals surface area (Å²) in [5.41, 5.74) is 5.88. The van der Waals surface area contributed by atoms with E-state index in [0.717, 1.165) is 31.2 Å². The fourth-order valence-electron chi connectivity index (χ4n) is 4.96. The second-order valence-electron chi connectivity index (χ2n) is 13.9. The van der Waals surface area contributed by atoms with E-state index >= 15 is 0 Å². The minimum atomic E-state index is -0.693. The van der Waals surface area contributed by atoms with Crippen molar-refractivity contribution >= 4 is 35.8 Å². The van der Waals surface area contributed by atoms with Crippen LogP contribution >= 0.6 is 0 Å². The third-order valence-corrected chi connectivity index (χ3v) is 7.76. The highest BCUT2D eigenvalue weighted by atomic mass is 16.6. The number of benzene rings is 1. The molecule has 0 aliphatic carbocycles. The summed E-state index contributed by atoms with van der Waals surface area (Å²) in [4.78, 5) is 70.6. The Morgan fingerprint density at radius 3 is 2.23 bits per heavy atom. The molecule has 1 aliphatic rings. The summed E-state index contributed by atoms with van der Waals surface area (Å²) in [6, 6.07) is 8.80. The van der Waals surface area contributed by atoms with Gasteiger partial charge in [0.2, 0.25) is 5.91 Å². The van der Waals surface area contributed by atoms with E-state index in [0.29, 0.717) is 58.7 Å². The Bertz CT molecular complexity index is 1350. The molecular weight excluding hydrogens is 728 g/mol. The van der Waals surface area contributed by atoms with Crippen molar-refractivity contribution in [1.29, 1.82) is 0 Å². The third-order valence-electron chi connectivity index (χ3n) is 7.76. The van der Waals surface area contributed by atoms with Gasteiger partial charge in [-0.3, -0.25) is 14.4 Å². The molecule has 1 fully saturated rings. The van der Waals surface area contributed by atoms with Gasteiger partial charge in [-0.2, -0.15) is 0 Å². The van der Waals surface area contributed by atoms with Gasteiger partial charge in [0.05, 0.1) is 26.4 Å². The molecule has 56 heavy (non-hydrogen) atoms. The number of terminal acetylenes is 1. The Hall–Kier alpha value is -4.56. The van der Waals surface area contributed by atoms with Gasteiger partial charge in [0, 0.05) is 31.8 Å². The van der Waals surface area contributed by atoms with Crippen molar-refractivity contribution in [2.45, 2.75) is 103 Å². The minimum Gasteiger partial charge on any atom is -0.461 e. The zero-order valence-electron chi connectivity index (χ0n) is 33.2. The molecule has 0 radical (unpaired) electrons. The Labute approximate surface area is 330 Å².